The largest absolute Gasteiger partial charge is 1.00 e. The Hall–Kier alpha value is 2.24. The molecular formula is C9H15KNOY-. The minimum absolute atomic E-state index is 0. The maximum absolute atomic E-state index is 11.3. The van der Waals surface area contributed by atoms with E-state index >= 15 is 0 Å². The molecule has 0 N–H and O–H groups in total. The number of piperidine rings is 1. The number of Topliss-reactive ketones (excluding diaryl/α,β-unsaturated/α-hetero) is 1. The summed E-state index contributed by atoms with van der Waals surface area (Å²) in [6.07, 6.45) is 2.53. The van der Waals surface area contributed by atoms with E-state index in [0.717, 1.165) is 6.42 Å². The predicted molar refractivity (Wildman–Crippen MR) is 45.4 cm³/mol. The van der Waals surface area contributed by atoms with Gasteiger partial charge in [0, 0.05) is 32.7 Å². The first-order chi connectivity index (χ1) is 4.83. The van der Waals surface area contributed by atoms with Crippen LogP contribution in [0.4, 0.5) is 0 Å². The fourth-order valence-electron chi connectivity index (χ4n) is 1.45. The van der Waals surface area contributed by atoms with Crippen molar-refractivity contribution in [1.29, 1.82) is 0 Å². The van der Waals surface area contributed by atoms with Crippen LogP contribution in [0.5, 0.6) is 0 Å². The average molecular weight is 281 g/mol. The molecule has 1 saturated heterocycles. The molecule has 0 aromatic rings. The molecule has 1 fully saturated rings. The zero-order valence-corrected chi connectivity index (χ0v) is 15.2. The SMILES string of the molecule is CC1(C)C[CH-]C(=O)C(C)(C)[N-]1.[K+].[Y]. The molecule has 1 radical (unpaired) electrons. The second-order valence-corrected chi connectivity index (χ2v) is 4.26. The number of nitrogens with zero attached hydrogens (tertiary/aromatic N) is 1. The van der Waals surface area contributed by atoms with E-state index in [2.05, 4.69) is 19.2 Å². The first kappa shape index (κ1) is 17.6. The van der Waals surface area contributed by atoms with Crippen LogP contribution in [0.3, 0.4) is 0 Å². The first-order valence-electron chi connectivity index (χ1n) is 3.95. The molecule has 0 aromatic heterocycles. The molecule has 0 amide bonds. The molecule has 0 atom stereocenters. The van der Waals surface area contributed by atoms with Gasteiger partial charge in [-0.15, -0.1) is 0 Å². The number of carbonyl (C=O) groups excluding carboxylic acids is 1. The number of hydrogen-bond donors (Lipinski definition) is 0. The van der Waals surface area contributed by atoms with Crippen LogP contribution >= 0.6 is 0 Å². The van der Waals surface area contributed by atoms with Crippen LogP contribution in [0.2, 0.25) is 0 Å². The van der Waals surface area contributed by atoms with Gasteiger partial charge in [-0.2, -0.15) is 12.0 Å². The summed E-state index contributed by atoms with van der Waals surface area (Å²) >= 11 is 0. The third-order valence-electron chi connectivity index (χ3n) is 1.97. The predicted octanol–water partition coefficient (Wildman–Crippen LogP) is -0.904. The Morgan fingerprint density at radius 2 is 1.77 bits per heavy atom. The third kappa shape index (κ3) is 5.21. The maximum Gasteiger partial charge on any atom is 1.00 e. The van der Waals surface area contributed by atoms with Crippen LogP contribution in [0.1, 0.15) is 34.1 Å². The van der Waals surface area contributed by atoms with E-state index in [9.17, 15) is 4.79 Å². The minimum atomic E-state index is -0.498. The molecule has 67 valence electrons. The van der Waals surface area contributed by atoms with Crippen LogP contribution in [0.15, 0.2) is 0 Å². The van der Waals surface area contributed by atoms with Crippen molar-refractivity contribution in [3.05, 3.63) is 11.7 Å². The average Bonchev–Trinajstić information content (AvgIpc) is 1.77. The van der Waals surface area contributed by atoms with Crippen LogP contribution in [0.25, 0.3) is 5.32 Å². The van der Waals surface area contributed by atoms with Crippen LogP contribution in [-0.4, -0.2) is 16.9 Å². The molecule has 0 unspecified atom stereocenters. The molecule has 0 aliphatic carbocycles. The van der Waals surface area contributed by atoms with E-state index in [4.69, 9.17) is 0 Å². The summed E-state index contributed by atoms with van der Waals surface area (Å²) in [6, 6.07) is 0. The van der Waals surface area contributed by atoms with Gasteiger partial charge in [-0.1, -0.05) is 33.2 Å². The number of carbonyl (C=O) groups is 1. The van der Waals surface area contributed by atoms with Gasteiger partial charge < -0.3 is 16.5 Å². The van der Waals surface area contributed by atoms with Crippen molar-refractivity contribution in [2.45, 2.75) is 45.2 Å². The number of rotatable bonds is 0. The van der Waals surface area contributed by atoms with Gasteiger partial charge in [0.05, 0.1) is 0 Å². The Morgan fingerprint density at radius 3 is 2.08 bits per heavy atom. The van der Waals surface area contributed by atoms with Gasteiger partial charge in [-0.25, -0.2) is 0 Å². The summed E-state index contributed by atoms with van der Waals surface area (Å²) in [5.74, 6) is 0.150. The van der Waals surface area contributed by atoms with E-state index in [1.54, 1.807) is 6.42 Å². The van der Waals surface area contributed by atoms with Crippen molar-refractivity contribution in [3.63, 3.8) is 0 Å². The van der Waals surface area contributed by atoms with Gasteiger partial charge in [0.2, 0.25) is 0 Å². The molecular weight excluding hydrogens is 266 g/mol. The Bertz CT molecular complexity index is 192. The molecule has 4 heteroatoms. The Labute approximate surface area is 149 Å². The number of hydrogen-bond acceptors (Lipinski definition) is 1. The Balaban J connectivity index is 0. The standard InChI is InChI=1S/C9H15NO.K.Y/c1-8(2)6-5-7(11)9(3,4)10-8;;/h5H,6H2,1-4H3;;/q-2;+1;. The first-order valence-corrected chi connectivity index (χ1v) is 3.95. The molecule has 0 bridgehead atoms. The Kier molecular flexibility index (Phi) is 8.26. The maximum atomic E-state index is 11.3. The van der Waals surface area contributed by atoms with Crippen molar-refractivity contribution in [3.8, 4) is 0 Å². The molecule has 0 saturated carbocycles. The summed E-state index contributed by atoms with van der Waals surface area (Å²) in [5, 5.41) is 4.45. The summed E-state index contributed by atoms with van der Waals surface area (Å²) in [5.41, 5.74) is -0.556. The van der Waals surface area contributed by atoms with Crippen molar-refractivity contribution in [2.24, 2.45) is 0 Å². The Morgan fingerprint density at radius 1 is 1.31 bits per heavy atom. The zero-order valence-electron chi connectivity index (χ0n) is 9.22. The van der Waals surface area contributed by atoms with Gasteiger partial charge >= 0.3 is 51.4 Å². The van der Waals surface area contributed by atoms with Gasteiger partial charge in [0.1, 0.15) is 0 Å². The molecule has 1 aliphatic rings. The van der Waals surface area contributed by atoms with Gasteiger partial charge in [-0.05, 0) is 5.78 Å². The van der Waals surface area contributed by atoms with Crippen molar-refractivity contribution in [1.82, 2.24) is 0 Å². The van der Waals surface area contributed by atoms with E-state index in [1.807, 2.05) is 13.8 Å². The van der Waals surface area contributed by atoms with Crippen LogP contribution in [0, 0.1) is 6.42 Å². The summed E-state index contributed by atoms with van der Waals surface area (Å²) in [4.78, 5) is 11.3. The van der Waals surface area contributed by atoms with E-state index in [1.165, 1.54) is 0 Å². The second kappa shape index (κ2) is 6.09. The minimum Gasteiger partial charge on any atom is -0.650 e. The third-order valence-corrected chi connectivity index (χ3v) is 1.97. The van der Waals surface area contributed by atoms with Crippen molar-refractivity contribution >= 4 is 5.78 Å². The molecule has 13 heavy (non-hydrogen) atoms. The fourth-order valence-corrected chi connectivity index (χ4v) is 1.45. The molecule has 1 heterocycles. The van der Waals surface area contributed by atoms with Gasteiger partial charge in [0.25, 0.3) is 0 Å². The van der Waals surface area contributed by atoms with Crippen LogP contribution < -0.4 is 51.4 Å². The molecule has 1 aliphatic heterocycles. The van der Waals surface area contributed by atoms with Crippen LogP contribution in [-0.2, 0) is 37.5 Å². The van der Waals surface area contributed by atoms with Gasteiger partial charge in [-0.3, -0.25) is 0 Å². The topological polar surface area (TPSA) is 31.2 Å². The smallest absolute Gasteiger partial charge is 0.650 e. The quantitative estimate of drug-likeness (QED) is 0.418. The fraction of sp³-hybridized carbons (Fsp3) is 0.778. The summed E-state index contributed by atoms with van der Waals surface area (Å²) in [6.45, 7) is 7.84. The second-order valence-electron chi connectivity index (χ2n) is 4.26. The molecule has 1 rings (SSSR count). The summed E-state index contributed by atoms with van der Waals surface area (Å²) in [7, 11) is 0. The van der Waals surface area contributed by atoms with E-state index in [-0.39, 0.29) is 95.4 Å². The normalized spacial score (nSPS) is 23.5. The van der Waals surface area contributed by atoms with Gasteiger partial charge in [0.15, 0.2) is 0 Å². The van der Waals surface area contributed by atoms with E-state index < -0.39 is 5.54 Å². The summed E-state index contributed by atoms with van der Waals surface area (Å²) < 4.78 is 0. The van der Waals surface area contributed by atoms with Crippen molar-refractivity contribution in [2.75, 3.05) is 0 Å². The zero-order chi connectivity index (χ0) is 8.70. The molecule has 2 nitrogen and oxygen atoms in total. The molecule has 0 aromatic carbocycles. The van der Waals surface area contributed by atoms with Crippen molar-refractivity contribution < 1.29 is 88.9 Å². The molecule has 0 spiro atoms. The van der Waals surface area contributed by atoms with E-state index in [0.29, 0.717) is 0 Å². The number of ketones is 1. The monoisotopic (exact) mass is 281 g/mol.